The molecule has 4 heteroatoms. The number of hydrogen-bond acceptors (Lipinski definition) is 3. The molecule has 0 amide bonds. The molecule has 2 aromatic heterocycles. The van der Waals surface area contributed by atoms with Crippen LogP contribution in [0.1, 0.15) is 12.5 Å². The van der Waals surface area contributed by atoms with E-state index >= 15 is 0 Å². The molecular weight excluding hydrogens is 250 g/mol. The van der Waals surface area contributed by atoms with E-state index in [1.807, 2.05) is 0 Å². The third-order valence-electron chi connectivity index (χ3n) is 4.09. The molecule has 1 saturated heterocycles. The molecule has 3 aromatic rings. The van der Waals surface area contributed by atoms with Crippen LogP contribution in [0, 0.1) is 0 Å². The number of aliphatic hydroxyl groups is 1. The van der Waals surface area contributed by atoms with Gasteiger partial charge in [0.2, 0.25) is 0 Å². The predicted molar refractivity (Wildman–Crippen MR) is 80.3 cm³/mol. The van der Waals surface area contributed by atoms with Crippen molar-refractivity contribution in [3.8, 4) is 0 Å². The number of fused-ring (bicyclic) bond motifs is 3. The summed E-state index contributed by atoms with van der Waals surface area (Å²) in [4.78, 5) is 6.85. The fourth-order valence-corrected chi connectivity index (χ4v) is 2.83. The minimum Gasteiger partial charge on any atom is -0.389 e. The van der Waals surface area contributed by atoms with Crippen LogP contribution in [0.2, 0.25) is 0 Å². The number of rotatable bonds is 2. The van der Waals surface area contributed by atoms with Gasteiger partial charge in [0.25, 0.3) is 0 Å². The highest BCUT2D eigenvalue weighted by Gasteiger charge is 2.24. The van der Waals surface area contributed by atoms with E-state index in [4.69, 9.17) is 0 Å². The van der Waals surface area contributed by atoms with Crippen molar-refractivity contribution < 1.29 is 5.11 Å². The normalized spacial score (nSPS) is 16.0. The van der Waals surface area contributed by atoms with Crippen molar-refractivity contribution >= 4 is 22.4 Å². The van der Waals surface area contributed by atoms with Gasteiger partial charge < -0.3 is 10.0 Å². The third kappa shape index (κ3) is 1.68. The molecule has 0 radical (unpaired) electrons. The molecule has 1 fully saturated rings. The zero-order chi connectivity index (χ0) is 13.7. The first-order valence-corrected chi connectivity index (χ1v) is 7.08. The third-order valence-corrected chi connectivity index (χ3v) is 4.09. The van der Waals surface area contributed by atoms with Crippen LogP contribution in [-0.2, 0) is 6.42 Å². The van der Waals surface area contributed by atoms with Crippen LogP contribution in [-0.4, -0.2) is 33.7 Å². The maximum Gasteiger partial charge on any atom is 0.139 e. The van der Waals surface area contributed by atoms with Gasteiger partial charge in [0, 0.05) is 31.0 Å². The molecule has 4 rings (SSSR count). The topological polar surface area (TPSA) is 40.8 Å². The van der Waals surface area contributed by atoms with Crippen molar-refractivity contribution in [2.24, 2.45) is 0 Å². The second-order valence-electron chi connectivity index (χ2n) is 5.46. The largest absolute Gasteiger partial charge is 0.389 e. The summed E-state index contributed by atoms with van der Waals surface area (Å²) in [5.74, 6) is 0. The van der Waals surface area contributed by atoms with Crippen molar-refractivity contribution in [3.63, 3.8) is 0 Å². The zero-order valence-electron chi connectivity index (χ0n) is 11.5. The van der Waals surface area contributed by atoms with Gasteiger partial charge in [0.05, 0.1) is 17.1 Å². The van der Waals surface area contributed by atoms with Gasteiger partial charge in [-0.25, -0.2) is 4.98 Å². The lowest BCUT2D eigenvalue weighted by molar-refractivity contribution is 0.142. The Bertz CT molecular complexity index is 787. The standard InChI is InChI=1S/C16H17N3O/c1-2-11-3-4-14-15(7-11)19-6-5-12(8-16(19)17-14)18-9-13(20)10-18/h3-8,13,20H,2,9-10H2,1H3. The second-order valence-corrected chi connectivity index (χ2v) is 5.46. The molecule has 0 bridgehead atoms. The van der Waals surface area contributed by atoms with Crippen molar-refractivity contribution in [1.29, 1.82) is 0 Å². The van der Waals surface area contributed by atoms with Gasteiger partial charge in [0.15, 0.2) is 0 Å². The number of β-amino-alcohol motifs (C(OH)–C–C–N with tert-alkyl or cyclic N) is 1. The van der Waals surface area contributed by atoms with Gasteiger partial charge in [-0.15, -0.1) is 0 Å². The number of imidazole rings is 1. The van der Waals surface area contributed by atoms with Crippen LogP contribution in [0.5, 0.6) is 0 Å². The molecule has 20 heavy (non-hydrogen) atoms. The molecule has 0 unspecified atom stereocenters. The Morgan fingerprint density at radius 1 is 1.25 bits per heavy atom. The monoisotopic (exact) mass is 267 g/mol. The number of nitrogens with zero attached hydrogens (tertiary/aromatic N) is 3. The molecule has 0 saturated carbocycles. The van der Waals surface area contributed by atoms with Crippen LogP contribution >= 0.6 is 0 Å². The average Bonchev–Trinajstić information content (AvgIpc) is 2.80. The Balaban J connectivity index is 1.84. The number of benzene rings is 1. The van der Waals surface area contributed by atoms with Crippen LogP contribution < -0.4 is 4.90 Å². The smallest absolute Gasteiger partial charge is 0.139 e. The molecule has 0 aliphatic carbocycles. The number of anilines is 1. The molecule has 1 aliphatic heterocycles. The molecule has 4 nitrogen and oxygen atoms in total. The molecular formula is C16H17N3O. The highest BCUT2D eigenvalue weighted by atomic mass is 16.3. The van der Waals surface area contributed by atoms with E-state index in [1.165, 1.54) is 5.56 Å². The number of aromatic nitrogens is 2. The summed E-state index contributed by atoms with van der Waals surface area (Å²) in [6.45, 7) is 3.60. The van der Waals surface area contributed by atoms with Crippen molar-refractivity contribution in [2.45, 2.75) is 19.4 Å². The van der Waals surface area contributed by atoms with E-state index in [1.54, 1.807) is 0 Å². The molecule has 0 spiro atoms. The Kier molecular flexibility index (Phi) is 2.47. The van der Waals surface area contributed by atoms with Crippen LogP contribution in [0.3, 0.4) is 0 Å². The fourth-order valence-electron chi connectivity index (χ4n) is 2.83. The summed E-state index contributed by atoms with van der Waals surface area (Å²) in [6.07, 6.45) is 2.93. The fraction of sp³-hybridized carbons (Fsp3) is 0.312. The van der Waals surface area contributed by atoms with Gasteiger partial charge >= 0.3 is 0 Å². The molecule has 0 atom stereocenters. The summed E-state index contributed by atoms with van der Waals surface area (Å²) < 4.78 is 2.13. The Morgan fingerprint density at radius 3 is 2.85 bits per heavy atom. The minimum absolute atomic E-state index is 0.183. The molecule has 1 aliphatic rings. The van der Waals surface area contributed by atoms with E-state index in [9.17, 15) is 5.11 Å². The number of aliphatic hydroxyl groups excluding tert-OH is 1. The summed E-state index contributed by atoms with van der Waals surface area (Å²) in [5, 5.41) is 9.40. The van der Waals surface area contributed by atoms with Gasteiger partial charge in [-0.2, -0.15) is 0 Å². The second kappa shape index (κ2) is 4.21. The maximum absolute atomic E-state index is 9.40. The van der Waals surface area contributed by atoms with E-state index in [-0.39, 0.29) is 6.10 Å². The van der Waals surface area contributed by atoms with Gasteiger partial charge in [-0.3, -0.25) is 4.40 Å². The van der Waals surface area contributed by atoms with Gasteiger partial charge in [-0.05, 0) is 30.2 Å². The van der Waals surface area contributed by atoms with Crippen molar-refractivity contribution in [2.75, 3.05) is 18.0 Å². The molecule has 3 heterocycles. The van der Waals surface area contributed by atoms with Crippen molar-refractivity contribution in [3.05, 3.63) is 42.1 Å². The number of pyridine rings is 1. The lowest BCUT2D eigenvalue weighted by Gasteiger charge is -2.37. The Morgan fingerprint density at radius 2 is 2.10 bits per heavy atom. The van der Waals surface area contributed by atoms with Gasteiger partial charge in [0.1, 0.15) is 5.65 Å². The highest BCUT2D eigenvalue weighted by molar-refractivity contribution is 5.82. The molecule has 1 aromatic carbocycles. The zero-order valence-corrected chi connectivity index (χ0v) is 11.5. The lowest BCUT2D eigenvalue weighted by atomic mass is 10.1. The first-order valence-electron chi connectivity index (χ1n) is 7.08. The lowest BCUT2D eigenvalue weighted by Crippen LogP contribution is -2.50. The summed E-state index contributed by atoms with van der Waals surface area (Å²) in [5.41, 5.74) is 5.62. The number of hydrogen-bond donors (Lipinski definition) is 1. The summed E-state index contributed by atoms with van der Waals surface area (Å²) >= 11 is 0. The van der Waals surface area contributed by atoms with E-state index in [0.29, 0.717) is 0 Å². The number of aryl methyl sites for hydroxylation is 1. The quantitative estimate of drug-likeness (QED) is 0.774. The van der Waals surface area contributed by atoms with Crippen LogP contribution in [0.15, 0.2) is 36.5 Å². The SMILES string of the molecule is CCc1ccc2nc3cc(N4CC(O)C4)ccn3c2c1. The average molecular weight is 267 g/mol. The highest BCUT2D eigenvalue weighted by Crippen LogP contribution is 2.25. The first kappa shape index (κ1) is 11.7. The minimum atomic E-state index is -0.183. The Hall–Kier alpha value is -2.07. The van der Waals surface area contributed by atoms with E-state index in [2.05, 4.69) is 57.7 Å². The molecule has 1 N–H and O–H groups in total. The Labute approximate surface area is 117 Å². The maximum atomic E-state index is 9.40. The van der Waals surface area contributed by atoms with Crippen LogP contribution in [0.25, 0.3) is 16.7 Å². The summed E-state index contributed by atoms with van der Waals surface area (Å²) in [6, 6.07) is 10.6. The van der Waals surface area contributed by atoms with Crippen LogP contribution in [0.4, 0.5) is 5.69 Å². The van der Waals surface area contributed by atoms with E-state index in [0.717, 1.165) is 41.9 Å². The van der Waals surface area contributed by atoms with Gasteiger partial charge in [-0.1, -0.05) is 13.0 Å². The predicted octanol–water partition coefficient (Wildman–Crippen LogP) is 2.23. The van der Waals surface area contributed by atoms with Crippen molar-refractivity contribution in [1.82, 2.24) is 9.38 Å². The van der Waals surface area contributed by atoms with E-state index < -0.39 is 0 Å². The first-order chi connectivity index (χ1) is 9.74. The molecule has 102 valence electrons. The summed E-state index contributed by atoms with van der Waals surface area (Å²) in [7, 11) is 0.